The van der Waals surface area contributed by atoms with E-state index in [1.54, 1.807) is 18.6 Å². The number of methoxy groups -OCH3 is 1. The van der Waals surface area contributed by atoms with E-state index in [2.05, 4.69) is 9.55 Å². The quantitative estimate of drug-likeness (QED) is 0.474. The van der Waals surface area contributed by atoms with Crippen molar-refractivity contribution in [1.29, 1.82) is 0 Å². The lowest BCUT2D eigenvalue weighted by Gasteiger charge is -2.18. The number of carbonyl (C=O) groups excluding carboxylic acids is 1. The molecule has 1 fully saturated rings. The Labute approximate surface area is 179 Å². The van der Waals surface area contributed by atoms with Crippen LogP contribution >= 0.6 is 0 Å². The number of nitrogens with zero attached hydrogens (tertiary/aromatic N) is 3. The molecule has 1 aromatic heterocycles. The van der Waals surface area contributed by atoms with Crippen LogP contribution in [0, 0.1) is 5.82 Å². The number of ether oxygens (including phenoxy) is 1. The third-order valence-corrected chi connectivity index (χ3v) is 5.98. The van der Waals surface area contributed by atoms with E-state index in [4.69, 9.17) is 4.74 Å². The maximum absolute atomic E-state index is 13.6. The fraction of sp³-hybridized carbons (Fsp3) is 0.200. The number of hydrogen-bond acceptors (Lipinski definition) is 3. The van der Waals surface area contributed by atoms with Gasteiger partial charge in [0.2, 0.25) is 0 Å². The van der Waals surface area contributed by atoms with Crippen molar-refractivity contribution in [2.45, 2.75) is 12.5 Å². The van der Waals surface area contributed by atoms with E-state index in [0.717, 1.165) is 34.9 Å². The normalized spacial score (nSPS) is 16.1. The van der Waals surface area contributed by atoms with Gasteiger partial charge >= 0.3 is 0 Å². The van der Waals surface area contributed by atoms with Crippen molar-refractivity contribution in [2.24, 2.45) is 0 Å². The number of carbonyl (C=O) groups is 1. The summed E-state index contributed by atoms with van der Waals surface area (Å²) in [4.78, 5) is 19.1. The molecule has 2 heterocycles. The van der Waals surface area contributed by atoms with Crippen LogP contribution in [0.5, 0.6) is 5.75 Å². The second-order valence-electron chi connectivity index (χ2n) is 7.79. The van der Waals surface area contributed by atoms with Gasteiger partial charge in [-0.1, -0.05) is 24.3 Å². The predicted molar refractivity (Wildman–Crippen MR) is 118 cm³/mol. The van der Waals surface area contributed by atoms with Gasteiger partial charge in [-0.3, -0.25) is 4.79 Å². The topological polar surface area (TPSA) is 47.4 Å². The largest absolute Gasteiger partial charge is 0.496 e. The SMILES string of the molecule is COc1cc(F)ccc1-c1cccc2cc(C(=O)N3CCC(n4ccnc4)C3)ccc12. The van der Waals surface area contributed by atoms with Gasteiger partial charge in [0.1, 0.15) is 11.6 Å². The lowest BCUT2D eigenvalue weighted by molar-refractivity contribution is 0.0788. The Morgan fingerprint density at radius 2 is 2.03 bits per heavy atom. The van der Waals surface area contributed by atoms with Gasteiger partial charge in [-0.15, -0.1) is 0 Å². The molecule has 0 radical (unpaired) electrons. The number of benzene rings is 3. The number of amides is 1. The maximum Gasteiger partial charge on any atom is 0.253 e. The average Bonchev–Trinajstić information content (AvgIpc) is 3.50. The molecule has 6 heteroatoms. The van der Waals surface area contributed by atoms with Crippen LogP contribution in [0.25, 0.3) is 21.9 Å². The van der Waals surface area contributed by atoms with Crippen molar-refractivity contribution in [3.8, 4) is 16.9 Å². The Hall–Kier alpha value is -3.67. The molecular formula is C25H22FN3O2. The van der Waals surface area contributed by atoms with Crippen molar-refractivity contribution >= 4 is 16.7 Å². The summed E-state index contributed by atoms with van der Waals surface area (Å²) < 4.78 is 21.1. The highest BCUT2D eigenvalue weighted by molar-refractivity contribution is 6.03. The van der Waals surface area contributed by atoms with Crippen LogP contribution in [-0.2, 0) is 0 Å². The zero-order valence-corrected chi connectivity index (χ0v) is 17.2. The summed E-state index contributed by atoms with van der Waals surface area (Å²) in [6.07, 6.45) is 6.44. The van der Waals surface area contributed by atoms with Gasteiger partial charge < -0.3 is 14.2 Å². The summed E-state index contributed by atoms with van der Waals surface area (Å²) in [7, 11) is 1.54. The van der Waals surface area contributed by atoms with Crippen LogP contribution in [0.1, 0.15) is 22.8 Å². The first-order chi connectivity index (χ1) is 15.1. The Morgan fingerprint density at radius 1 is 1.13 bits per heavy atom. The van der Waals surface area contributed by atoms with E-state index in [1.807, 2.05) is 47.5 Å². The summed E-state index contributed by atoms with van der Waals surface area (Å²) in [6.45, 7) is 1.41. The molecule has 1 aliphatic rings. The second kappa shape index (κ2) is 7.87. The van der Waals surface area contributed by atoms with E-state index in [9.17, 15) is 9.18 Å². The number of fused-ring (bicyclic) bond motifs is 1. The molecule has 5 nitrogen and oxygen atoms in total. The third-order valence-electron chi connectivity index (χ3n) is 5.98. The van der Waals surface area contributed by atoms with Gasteiger partial charge in [-0.05, 0) is 47.0 Å². The van der Waals surface area contributed by atoms with Crippen LogP contribution in [0.4, 0.5) is 4.39 Å². The van der Waals surface area contributed by atoms with Crippen LogP contribution < -0.4 is 4.74 Å². The molecule has 5 rings (SSSR count). The lowest BCUT2D eigenvalue weighted by Crippen LogP contribution is -2.29. The Balaban J connectivity index is 1.46. The molecule has 31 heavy (non-hydrogen) atoms. The third kappa shape index (κ3) is 3.54. The van der Waals surface area contributed by atoms with E-state index >= 15 is 0 Å². The monoisotopic (exact) mass is 415 g/mol. The molecule has 1 amide bonds. The molecule has 0 N–H and O–H groups in total. The summed E-state index contributed by atoms with van der Waals surface area (Å²) in [5, 5.41) is 1.95. The molecule has 1 atom stereocenters. The van der Waals surface area contributed by atoms with E-state index in [1.165, 1.54) is 19.2 Å². The molecule has 0 bridgehead atoms. The van der Waals surface area contributed by atoms with Gasteiger partial charge in [0.15, 0.2) is 0 Å². The highest BCUT2D eigenvalue weighted by Gasteiger charge is 2.28. The van der Waals surface area contributed by atoms with Gasteiger partial charge in [0, 0.05) is 42.7 Å². The smallest absolute Gasteiger partial charge is 0.253 e. The highest BCUT2D eigenvalue weighted by Crippen LogP contribution is 2.36. The van der Waals surface area contributed by atoms with Crippen LogP contribution in [-0.4, -0.2) is 40.6 Å². The molecule has 156 valence electrons. The van der Waals surface area contributed by atoms with Gasteiger partial charge in [-0.2, -0.15) is 0 Å². The summed E-state index contributed by atoms with van der Waals surface area (Å²) >= 11 is 0. The molecule has 3 aromatic carbocycles. The Bertz CT molecular complexity index is 1250. The maximum atomic E-state index is 13.6. The minimum Gasteiger partial charge on any atom is -0.496 e. The van der Waals surface area contributed by atoms with Gasteiger partial charge in [-0.25, -0.2) is 9.37 Å². The van der Waals surface area contributed by atoms with Crippen molar-refractivity contribution in [3.63, 3.8) is 0 Å². The standard InChI is InChI=1S/C25H22FN3O2/c1-31-24-14-19(26)6-8-23(24)22-4-2-3-17-13-18(5-7-21(17)22)25(30)28-11-9-20(15-28)29-12-10-27-16-29/h2-8,10,12-14,16,20H,9,11,15H2,1H3. The van der Waals surface area contributed by atoms with Crippen molar-refractivity contribution in [3.05, 3.63) is 84.7 Å². The summed E-state index contributed by atoms with van der Waals surface area (Å²) in [5.74, 6) is 0.179. The molecule has 4 aromatic rings. The van der Waals surface area contributed by atoms with E-state index in [0.29, 0.717) is 17.9 Å². The number of imidazole rings is 1. The number of hydrogen-bond donors (Lipinski definition) is 0. The fourth-order valence-electron chi connectivity index (χ4n) is 4.38. The van der Waals surface area contributed by atoms with Gasteiger partial charge in [0.25, 0.3) is 5.91 Å². The van der Waals surface area contributed by atoms with Crippen molar-refractivity contribution in [2.75, 3.05) is 20.2 Å². The molecule has 0 saturated carbocycles. The fourth-order valence-corrected chi connectivity index (χ4v) is 4.38. The number of aromatic nitrogens is 2. The molecule has 1 unspecified atom stereocenters. The lowest BCUT2D eigenvalue weighted by atomic mass is 9.96. The molecule has 1 aliphatic heterocycles. The predicted octanol–water partition coefficient (Wildman–Crippen LogP) is 4.94. The van der Waals surface area contributed by atoms with E-state index in [-0.39, 0.29) is 17.8 Å². The number of halogens is 1. The van der Waals surface area contributed by atoms with E-state index < -0.39 is 0 Å². The highest BCUT2D eigenvalue weighted by atomic mass is 19.1. The Kier molecular flexibility index (Phi) is 4.90. The number of rotatable bonds is 4. The molecule has 0 aliphatic carbocycles. The number of likely N-dealkylation sites (tertiary alicyclic amines) is 1. The van der Waals surface area contributed by atoms with Crippen molar-refractivity contribution < 1.29 is 13.9 Å². The van der Waals surface area contributed by atoms with Crippen LogP contribution in [0.2, 0.25) is 0 Å². The molecular weight excluding hydrogens is 393 g/mol. The first-order valence-corrected chi connectivity index (χ1v) is 10.3. The van der Waals surface area contributed by atoms with Crippen LogP contribution in [0.15, 0.2) is 73.3 Å². The van der Waals surface area contributed by atoms with Crippen LogP contribution in [0.3, 0.4) is 0 Å². The molecule has 1 saturated heterocycles. The van der Waals surface area contributed by atoms with Crippen molar-refractivity contribution in [1.82, 2.24) is 14.5 Å². The second-order valence-corrected chi connectivity index (χ2v) is 7.79. The zero-order chi connectivity index (χ0) is 21.4. The summed E-state index contributed by atoms with van der Waals surface area (Å²) in [6, 6.07) is 16.5. The molecule has 0 spiro atoms. The average molecular weight is 415 g/mol. The Morgan fingerprint density at radius 3 is 2.84 bits per heavy atom. The minimum absolute atomic E-state index is 0.0364. The zero-order valence-electron chi connectivity index (χ0n) is 17.2. The van der Waals surface area contributed by atoms with Gasteiger partial charge in [0.05, 0.1) is 19.5 Å². The first kappa shape index (κ1) is 19.3. The minimum atomic E-state index is -0.340. The first-order valence-electron chi connectivity index (χ1n) is 10.3. The summed E-state index contributed by atoms with van der Waals surface area (Å²) in [5.41, 5.74) is 2.42.